The van der Waals surface area contributed by atoms with E-state index in [9.17, 15) is 31.1 Å². The second-order valence-corrected chi connectivity index (χ2v) is 9.33. The molecule has 37 heavy (non-hydrogen) atoms. The fourth-order valence-corrected chi connectivity index (χ4v) is 4.50. The summed E-state index contributed by atoms with van der Waals surface area (Å²) in [5.74, 6) is 0. The Bertz CT molecular complexity index is 1320. The lowest BCUT2D eigenvalue weighted by Crippen LogP contribution is -2.37. The van der Waals surface area contributed by atoms with Crippen LogP contribution in [-0.4, -0.2) is 23.3 Å². The van der Waals surface area contributed by atoms with Crippen LogP contribution in [0.15, 0.2) is 77.9 Å². The first-order valence-corrected chi connectivity index (χ1v) is 11.4. The number of carbonyl (C=O) groups is 1. The molecular formula is C26H20ClF6N3O. The molecule has 0 spiro atoms. The lowest BCUT2D eigenvalue weighted by atomic mass is 9.77. The number of anilines is 1. The molecule has 1 aliphatic heterocycles. The Balaban J connectivity index is 1.65. The number of hydrogen-bond donors (Lipinski definition) is 1. The Kier molecular flexibility index (Phi) is 6.98. The molecule has 0 radical (unpaired) electrons. The minimum Gasteiger partial charge on any atom is -0.306 e. The van der Waals surface area contributed by atoms with Gasteiger partial charge < -0.3 is 5.32 Å². The zero-order chi connectivity index (χ0) is 27.0. The highest BCUT2D eigenvalue weighted by atomic mass is 35.5. The summed E-state index contributed by atoms with van der Waals surface area (Å²) in [6.07, 6.45) is -8.73. The summed E-state index contributed by atoms with van der Waals surface area (Å²) in [6.45, 7) is 1.90. The van der Waals surface area contributed by atoms with Crippen LogP contribution in [0.2, 0.25) is 5.02 Å². The number of nitrogens with zero attached hydrogens (tertiary/aromatic N) is 2. The van der Waals surface area contributed by atoms with Crippen molar-refractivity contribution >= 4 is 29.0 Å². The SMILES string of the molecule is CC1(Cc2ccccc2)CN(C(=O)Nc2ccc(C(F)(F)F)cc2)N=C1c1ccc(C(F)(F)F)c(Cl)c1. The van der Waals surface area contributed by atoms with Crippen LogP contribution in [-0.2, 0) is 18.8 Å². The number of amides is 2. The molecule has 0 bridgehead atoms. The summed E-state index contributed by atoms with van der Waals surface area (Å²) in [4.78, 5) is 13.0. The van der Waals surface area contributed by atoms with Crippen LogP contribution in [0.3, 0.4) is 0 Å². The van der Waals surface area contributed by atoms with Gasteiger partial charge in [0.15, 0.2) is 0 Å². The molecular weight excluding hydrogens is 520 g/mol. The molecule has 3 aromatic rings. The van der Waals surface area contributed by atoms with Crippen molar-refractivity contribution in [2.45, 2.75) is 25.7 Å². The van der Waals surface area contributed by atoms with E-state index >= 15 is 0 Å². The van der Waals surface area contributed by atoms with Crippen molar-refractivity contribution in [3.8, 4) is 0 Å². The van der Waals surface area contributed by atoms with E-state index in [1.165, 1.54) is 12.1 Å². The maximum Gasteiger partial charge on any atom is 0.417 e. The standard InChI is InChI=1S/C26H20ClF6N3O/c1-24(14-16-5-3-2-4-6-16)15-36(23(37)34-19-10-8-18(9-11-19)25(28,29)30)35-22(24)17-7-12-20(21(27)13-17)26(31,32)33/h2-13H,14-15H2,1H3,(H,34,37). The molecule has 0 saturated heterocycles. The fourth-order valence-electron chi connectivity index (χ4n) is 4.21. The van der Waals surface area contributed by atoms with Crippen molar-refractivity contribution < 1.29 is 31.1 Å². The Labute approximate surface area is 213 Å². The van der Waals surface area contributed by atoms with Gasteiger partial charge in [0.2, 0.25) is 0 Å². The van der Waals surface area contributed by atoms with Crippen molar-refractivity contribution in [3.05, 3.63) is 100 Å². The molecule has 4 nitrogen and oxygen atoms in total. The van der Waals surface area contributed by atoms with E-state index in [0.717, 1.165) is 40.9 Å². The first-order chi connectivity index (χ1) is 17.3. The highest BCUT2D eigenvalue weighted by Crippen LogP contribution is 2.39. The molecule has 3 aromatic carbocycles. The summed E-state index contributed by atoms with van der Waals surface area (Å²) in [5.41, 5.74) is -0.928. The summed E-state index contributed by atoms with van der Waals surface area (Å²) >= 11 is 5.95. The highest BCUT2D eigenvalue weighted by molar-refractivity contribution is 6.32. The topological polar surface area (TPSA) is 44.7 Å². The Hall–Kier alpha value is -3.53. The first-order valence-electron chi connectivity index (χ1n) is 11.0. The number of halogens is 7. The van der Waals surface area contributed by atoms with E-state index in [0.29, 0.717) is 17.7 Å². The summed E-state index contributed by atoms with van der Waals surface area (Å²) < 4.78 is 78.2. The Morgan fingerprint density at radius 2 is 1.62 bits per heavy atom. The van der Waals surface area contributed by atoms with Crippen molar-refractivity contribution in [3.63, 3.8) is 0 Å². The van der Waals surface area contributed by atoms with Crippen molar-refractivity contribution in [2.75, 3.05) is 11.9 Å². The van der Waals surface area contributed by atoms with Crippen molar-refractivity contribution in [1.29, 1.82) is 0 Å². The van der Waals surface area contributed by atoms with Crippen LogP contribution >= 0.6 is 11.6 Å². The molecule has 194 valence electrons. The molecule has 1 aliphatic rings. The van der Waals surface area contributed by atoms with E-state index in [1.54, 1.807) is 0 Å². The Morgan fingerprint density at radius 1 is 0.973 bits per heavy atom. The van der Waals surface area contributed by atoms with Gasteiger partial charge in [0.05, 0.1) is 28.4 Å². The largest absolute Gasteiger partial charge is 0.417 e. The van der Waals surface area contributed by atoms with Crippen LogP contribution in [0, 0.1) is 5.41 Å². The molecule has 4 rings (SSSR count). The average molecular weight is 540 g/mol. The average Bonchev–Trinajstić information content (AvgIpc) is 3.15. The number of nitrogens with one attached hydrogen (secondary N) is 1. The molecule has 1 N–H and O–H groups in total. The number of carbonyl (C=O) groups excluding carboxylic acids is 1. The van der Waals surface area contributed by atoms with E-state index in [2.05, 4.69) is 10.4 Å². The van der Waals surface area contributed by atoms with Crippen molar-refractivity contribution in [1.82, 2.24) is 5.01 Å². The summed E-state index contributed by atoms with van der Waals surface area (Å²) in [6, 6.07) is 15.8. The highest BCUT2D eigenvalue weighted by Gasteiger charge is 2.42. The molecule has 11 heteroatoms. The lowest BCUT2D eigenvalue weighted by molar-refractivity contribution is -0.138. The van der Waals surface area contributed by atoms with Gasteiger partial charge in [0.1, 0.15) is 0 Å². The van der Waals surface area contributed by atoms with Crippen LogP contribution in [0.1, 0.15) is 29.2 Å². The van der Waals surface area contributed by atoms with Gasteiger partial charge in [-0.3, -0.25) is 0 Å². The molecule has 0 saturated carbocycles. The normalized spacial score (nSPS) is 18.1. The van der Waals surface area contributed by atoms with Gasteiger partial charge in [0, 0.05) is 11.1 Å². The van der Waals surface area contributed by atoms with Gasteiger partial charge in [-0.1, -0.05) is 54.9 Å². The van der Waals surface area contributed by atoms with Crippen LogP contribution < -0.4 is 5.32 Å². The van der Waals surface area contributed by atoms with Gasteiger partial charge in [-0.25, -0.2) is 9.80 Å². The van der Waals surface area contributed by atoms with Gasteiger partial charge in [-0.05, 0) is 53.9 Å². The smallest absolute Gasteiger partial charge is 0.306 e. The molecule has 2 amide bonds. The van der Waals surface area contributed by atoms with Gasteiger partial charge >= 0.3 is 18.4 Å². The molecule has 0 fully saturated rings. The molecule has 1 heterocycles. The minimum absolute atomic E-state index is 0.0718. The number of hydrogen-bond acceptors (Lipinski definition) is 2. The van der Waals surface area contributed by atoms with Crippen LogP contribution in [0.25, 0.3) is 0 Å². The third-order valence-corrected chi connectivity index (χ3v) is 6.29. The summed E-state index contributed by atoms with van der Waals surface area (Å²) in [7, 11) is 0. The molecule has 0 aliphatic carbocycles. The maximum absolute atomic E-state index is 13.2. The third kappa shape index (κ3) is 5.90. The quantitative estimate of drug-likeness (QED) is 0.337. The monoisotopic (exact) mass is 539 g/mol. The summed E-state index contributed by atoms with van der Waals surface area (Å²) in [5, 5.41) is 7.54. The van der Waals surface area contributed by atoms with Crippen LogP contribution in [0.4, 0.5) is 36.8 Å². The van der Waals surface area contributed by atoms with Gasteiger partial charge in [-0.2, -0.15) is 31.4 Å². The molecule has 1 atom stereocenters. The van der Waals surface area contributed by atoms with Gasteiger partial charge in [-0.15, -0.1) is 0 Å². The van der Waals surface area contributed by atoms with Crippen LogP contribution in [0.5, 0.6) is 0 Å². The second kappa shape index (κ2) is 9.74. The van der Waals surface area contributed by atoms with Crippen molar-refractivity contribution in [2.24, 2.45) is 10.5 Å². The minimum atomic E-state index is -4.63. The molecule has 0 aromatic heterocycles. The number of hydrazone groups is 1. The number of rotatable bonds is 4. The van der Waals surface area contributed by atoms with E-state index in [4.69, 9.17) is 11.6 Å². The van der Waals surface area contributed by atoms with E-state index < -0.39 is 39.9 Å². The number of alkyl halides is 6. The zero-order valence-electron chi connectivity index (χ0n) is 19.3. The number of benzene rings is 3. The zero-order valence-corrected chi connectivity index (χ0v) is 20.0. The molecule has 1 unspecified atom stereocenters. The van der Waals surface area contributed by atoms with E-state index in [1.807, 2.05) is 37.3 Å². The van der Waals surface area contributed by atoms with E-state index in [-0.39, 0.29) is 12.2 Å². The predicted octanol–water partition coefficient (Wildman–Crippen LogP) is 7.88. The maximum atomic E-state index is 13.2. The second-order valence-electron chi connectivity index (χ2n) is 8.93. The predicted molar refractivity (Wildman–Crippen MR) is 128 cm³/mol. The Morgan fingerprint density at radius 3 is 2.19 bits per heavy atom. The van der Waals surface area contributed by atoms with Gasteiger partial charge in [0.25, 0.3) is 0 Å². The third-order valence-electron chi connectivity index (χ3n) is 5.97. The first kappa shape index (κ1) is 26.5. The fraction of sp³-hybridized carbons (Fsp3) is 0.231. The lowest BCUT2D eigenvalue weighted by Gasteiger charge is -2.27. The number of urea groups is 1.